The highest BCUT2D eigenvalue weighted by molar-refractivity contribution is 5.80. The van der Waals surface area contributed by atoms with E-state index >= 15 is 0 Å². The van der Waals surface area contributed by atoms with Crippen molar-refractivity contribution < 1.29 is 4.79 Å². The Labute approximate surface area is 74.1 Å². The summed E-state index contributed by atoms with van der Waals surface area (Å²) in [6, 6.07) is -0.396. The molecule has 0 aliphatic carbocycles. The first kappa shape index (κ1) is 11.4. The van der Waals surface area contributed by atoms with Crippen molar-refractivity contribution >= 4 is 5.91 Å². The number of carbonyl (C=O) groups excluding carboxylic acids is 1. The van der Waals surface area contributed by atoms with Crippen LogP contribution in [0, 0.1) is 5.92 Å². The number of nitrogens with one attached hydrogen (secondary N) is 1. The minimum absolute atomic E-state index is 0.117. The summed E-state index contributed by atoms with van der Waals surface area (Å²) in [5.41, 5.74) is 8.25. The zero-order valence-electron chi connectivity index (χ0n) is 8.29. The first-order valence-corrected chi connectivity index (χ1v) is 4.17. The largest absolute Gasteiger partial charge is 0.320 e. The standard InChI is InChI=1S/C8H19N3O/c1-6(2)5-7(9)8(12)10-11(3)4/h6-7H,5,9H2,1-4H3,(H,10,12). The minimum Gasteiger partial charge on any atom is -0.320 e. The Hall–Kier alpha value is -0.610. The fraction of sp³-hybridized carbons (Fsp3) is 0.875. The first-order chi connectivity index (χ1) is 5.43. The number of amides is 1. The van der Waals surface area contributed by atoms with Gasteiger partial charge in [-0.25, -0.2) is 5.01 Å². The van der Waals surface area contributed by atoms with Gasteiger partial charge in [-0.05, 0) is 12.3 Å². The van der Waals surface area contributed by atoms with Crippen LogP contribution in [0.1, 0.15) is 20.3 Å². The normalized spacial score (nSPS) is 13.6. The second-order valence-corrected chi connectivity index (χ2v) is 3.61. The summed E-state index contributed by atoms with van der Waals surface area (Å²) in [6.07, 6.45) is 0.722. The lowest BCUT2D eigenvalue weighted by molar-refractivity contribution is -0.126. The van der Waals surface area contributed by atoms with Crippen LogP contribution in [0.2, 0.25) is 0 Å². The van der Waals surface area contributed by atoms with Gasteiger partial charge in [-0.2, -0.15) is 0 Å². The van der Waals surface area contributed by atoms with E-state index in [1.165, 1.54) is 0 Å². The van der Waals surface area contributed by atoms with Gasteiger partial charge in [-0.15, -0.1) is 0 Å². The molecular formula is C8H19N3O. The summed E-state index contributed by atoms with van der Waals surface area (Å²) in [6.45, 7) is 4.09. The van der Waals surface area contributed by atoms with Crippen molar-refractivity contribution in [2.24, 2.45) is 11.7 Å². The van der Waals surface area contributed by atoms with Crippen molar-refractivity contribution in [3.63, 3.8) is 0 Å². The van der Waals surface area contributed by atoms with E-state index in [0.29, 0.717) is 5.92 Å². The van der Waals surface area contributed by atoms with Crippen molar-refractivity contribution in [2.75, 3.05) is 14.1 Å². The van der Waals surface area contributed by atoms with Gasteiger partial charge in [0.25, 0.3) is 5.91 Å². The molecule has 1 amide bonds. The van der Waals surface area contributed by atoms with Crippen LogP contribution in [0.15, 0.2) is 0 Å². The molecule has 12 heavy (non-hydrogen) atoms. The van der Waals surface area contributed by atoms with Crippen LogP contribution in [0.3, 0.4) is 0 Å². The Kier molecular flexibility index (Phi) is 4.85. The average molecular weight is 173 g/mol. The Morgan fingerprint density at radius 3 is 2.33 bits per heavy atom. The lowest BCUT2D eigenvalue weighted by Gasteiger charge is -2.17. The number of hydrazine groups is 1. The molecule has 0 aliphatic heterocycles. The smallest absolute Gasteiger partial charge is 0.251 e. The predicted molar refractivity (Wildman–Crippen MR) is 49.3 cm³/mol. The third-order valence-electron chi connectivity index (χ3n) is 1.40. The third kappa shape index (κ3) is 5.09. The van der Waals surface area contributed by atoms with Crippen LogP contribution in [0.4, 0.5) is 0 Å². The Morgan fingerprint density at radius 1 is 1.50 bits per heavy atom. The van der Waals surface area contributed by atoms with E-state index in [9.17, 15) is 4.79 Å². The molecule has 0 heterocycles. The summed E-state index contributed by atoms with van der Waals surface area (Å²) >= 11 is 0. The van der Waals surface area contributed by atoms with Crippen LogP contribution in [0.25, 0.3) is 0 Å². The molecule has 0 aromatic carbocycles. The molecule has 0 saturated heterocycles. The molecule has 0 spiro atoms. The van der Waals surface area contributed by atoms with Crippen molar-refractivity contribution in [2.45, 2.75) is 26.3 Å². The zero-order chi connectivity index (χ0) is 9.72. The van der Waals surface area contributed by atoms with Crippen molar-refractivity contribution in [3.8, 4) is 0 Å². The minimum atomic E-state index is -0.396. The lowest BCUT2D eigenvalue weighted by atomic mass is 10.0. The second kappa shape index (κ2) is 5.11. The monoisotopic (exact) mass is 173 g/mol. The van der Waals surface area contributed by atoms with E-state index in [-0.39, 0.29) is 5.91 Å². The molecule has 0 bridgehead atoms. The van der Waals surface area contributed by atoms with Crippen molar-refractivity contribution in [1.82, 2.24) is 10.4 Å². The molecule has 0 fully saturated rings. The van der Waals surface area contributed by atoms with E-state index in [4.69, 9.17) is 5.73 Å². The summed E-state index contributed by atoms with van der Waals surface area (Å²) < 4.78 is 0. The predicted octanol–water partition coefficient (Wildman–Crippen LogP) is -0.0474. The molecule has 0 aliphatic rings. The molecular weight excluding hydrogens is 154 g/mol. The van der Waals surface area contributed by atoms with Crippen molar-refractivity contribution in [3.05, 3.63) is 0 Å². The number of nitrogens with two attached hydrogens (primary N) is 1. The quantitative estimate of drug-likeness (QED) is 0.586. The number of hydrogen-bond acceptors (Lipinski definition) is 3. The van der Waals surface area contributed by atoms with E-state index in [1.807, 2.05) is 13.8 Å². The van der Waals surface area contributed by atoms with E-state index in [0.717, 1.165) is 6.42 Å². The van der Waals surface area contributed by atoms with E-state index in [1.54, 1.807) is 19.1 Å². The van der Waals surface area contributed by atoms with Gasteiger partial charge in [0.2, 0.25) is 0 Å². The molecule has 0 rings (SSSR count). The van der Waals surface area contributed by atoms with Gasteiger partial charge in [-0.3, -0.25) is 10.2 Å². The Bertz CT molecular complexity index is 145. The molecule has 3 N–H and O–H groups in total. The highest BCUT2D eigenvalue weighted by Crippen LogP contribution is 2.02. The number of nitrogens with zero attached hydrogens (tertiary/aromatic N) is 1. The zero-order valence-corrected chi connectivity index (χ0v) is 8.29. The number of hydrogen-bond donors (Lipinski definition) is 2. The fourth-order valence-corrected chi connectivity index (χ4v) is 0.918. The van der Waals surface area contributed by atoms with Gasteiger partial charge in [0.1, 0.15) is 0 Å². The first-order valence-electron chi connectivity index (χ1n) is 4.17. The van der Waals surface area contributed by atoms with Gasteiger partial charge in [-0.1, -0.05) is 13.8 Å². The summed E-state index contributed by atoms with van der Waals surface area (Å²) in [5, 5.41) is 1.60. The SMILES string of the molecule is CC(C)CC(N)C(=O)NN(C)C. The maximum Gasteiger partial charge on any atom is 0.251 e. The summed E-state index contributed by atoms with van der Waals surface area (Å²) in [4.78, 5) is 11.2. The average Bonchev–Trinajstić information content (AvgIpc) is 1.84. The maximum absolute atomic E-state index is 11.2. The van der Waals surface area contributed by atoms with Gasteiger partial charge in [0, 0.05) is 14.1 Å². The molecule has 1 atom stereocenters. The second-order valence-electron chi connectivity index (χ2n) is 3.61. The molecule has 0 aromatic heterocycles. The number of rotatable bonds is 4. The van der Waals surface area contributed by atoms with Gasteiger partial charge >= 0.3 is 0 Å². The summed E-state index contributed by atoms with van der Waals surface area (Å²) in [7, 11) is 3.53. The van der Waals surface area contributed by atoms with Gasteiger partial charge < -0.3 is 5.73 Å². The molecule has 0 radical (unpaired) electrons. The topological polar surface area (TPSA) is 58.4 Å². The van der Waals surface area contributed by atoms with Crippen LogP contribution in [-0.4, -0.2) is 31.1 Å². The molecule has 0 saturated carbocycles. The van der Waals surface area contributed by atoms with Crippen LogP contribution in [0.5, 0.6) is 0 Å². The lowest BCUT2D eigenvalue weighted by Crippen LogP contribution is -2.46. The highest BCUT2D eigenvalue weighted by atomic mass is 16.2. The fourth-order valence-electron chi connectivity index (χ4n) is 0.918. The number of carbonyl (C=O) groups is 1. The van der Waals surface area contributed by atoms with Crippen LogP contribution >= 0.6 is 0 Å². The summed E-state index contributed by atoms with van der Waals surface area (Å²) in [5.74, 6) is 0.335. The van der Waals surface area contributed by atoms with Crippen molar-refractivity contribution in [1.29, 1.82) is 0 Å². The molecule has 1 unspecified atom stereocenters. The molecule has 0 aromatic rings. The van der Waals surface area contributed by atoms with E-state index < -0.39 is 6.04 Å². The van der Waals surface area contributed by atoms with E-state index in [2.05, 4.69) is 5.43 Å². The third-order valence-corrected chi connectivity index (χ3v) is 1.40. The molecule has 4 heteroatoms. The highest BCUT2D eigenvalue weighted by Gasteiger charge is 2.14. The molecule has 4 nitrogen and oxygen atoms in total. The Morgan fingerprint density at radius 2 is 2.00 bits per heavy atom. The Balaban J connectivity index is 3.77. The van der Waals surface area contributed by atoms with Gasteiger partial charge in [0.05, 0.1) is 6.04 Å². The maximum atomic E-state index is 11.2. The van der Waals surface area contributed by atoms with Crippen LogP contribution in [-0.2, 0) is 4.79 Å². The van der Waals surface area contributed by atoms with Crippen LogP contribution < -0.4 is 11.2 Å². The molecule has 72 valence electrons. The van der Waals surface area contributed by atoms with Gasteiger partial charge in [0.15, 0.2) is 0 Å².